The minimum absolute atomic E-state index is 0.0747. The van der Waals surface area contributed by atoms with Crippen molar-refractivity contribution in [2.45, 2.75) is 61.8 Å². The van der Waals surface area contributed by atoms with Gasteiger partial charge in [0.25, 0.3) is 10.0 Å². The second-order valence-electron chi connectivity index (χ2n) is 11.8. The van der Waals surface area contributed by atoms with Crippen molar-refractivity contribution in [3.8, 4) is 0 Å². The lowest BCUT2D eigenvalue weighted by molar-refractivity contribution is -0.140. The van der Waals surface area contributed by atoms with Crippen molar-refractivity contribution in [3.05, 3.63) is 129 Å². The van der Waals surface area contributed by atoms with Crippen LogP contribution in [0.15, 0.2) is 112 Å². The first-order valence-corrected chi connectivity index (χ1v) is 18.3. The summed E-state index contributed by atoms with van der Waals surface area (Å²) < 4.78 is 71.3. The molecule has 1 saturated carbocycles. The Balaban J connectivity index is 1.61. The summed E-state index contributed by atoms with van der Waals surface area (Å²) in [6.07, 6.45) is -1.21. The van der Waals surface area contributed by atoms with Gasteiger partial charge in [0, 0.05) is 23.5 Å². The van der Waals surface area contributed by atoms with Crippen molar-refractivity contribution in [3.63, 3.8) is 0 Å². The van der Waals surface area contributed by atoms with E-state index in [0.29, 0.717) is 15.9 Å². The zero-order valence-electron chi connectivity index (χ0n) is 26.2. The van der Waals surface area contributed by atoms with E-state index in [0.717, 1.165) is 47.9 Å². The van der Waals surface area contributed by atoms with Gasteiger partial charge in [0.2, 0.25) is 11.8 Å². The fourth-order valence-corrected chi connectivity index (χ4v) is 7.80. The van der Waals surface area contributed by atoms with Gasteiger partial charge in [0.05, 0.1) is 21.2 Å². The number of halogens is 5. The van der Waals surface area contributed by atoms with Crippen LogP contribution in [0.3, 0.4) is 0 Å². The number of hydrogen-bond acceptors (Lipinski definition) is 4. The number of nitrogens with zero attached hydrogens (tertiary/aromatic N) is 2. The molecular formula is C36H34BrClF3N3O4S. The van der Waals surface area contributed by atoms with E-state index in [1.165, 1.54) is 29.2 Å². The quantitative estimate of drug-likeness (QED) is 0.158. The van der Waals surface area contributed by atoms with Crippen molar-refractivity contribution in [1.82, 2.24) is 10.2 Å². The first-order valence-electron chi connectivity index (χ1n) is 15.7. The Hall–Kier alpha value is -3.87. The summed E-state index contributed by atoms with van der Waals surface area (Å²) in [5, 5.41) is 2.78. The van der Waals surface area contributed by atoms with Crippen molar-refractivity contribution in [2.75, 3.05) is 10.8 Å². The molecule has 0 heterocycles. The molecule has 0 aromatic heterocycles. The largest absolute Gasteiger partial charge is 0.416 e. The van der Waals surface area contributed by atoms with E-state index in [-0.39, 0.29) is 28.9 Å². The van der Waals surface area contributed by atoms with Crippen LogP contribution >= 0.6 is 27.5 Å². The molecule has 0 saturated heterocycles. The smallest absolute Gasteiger partial charge is 0.352 e. The highest BCUT2D eigenvalue weighted by molar-refractivity contribution is 9.10. The molecule has 0 bridgehead atoms. The summed E-state index contributed by atoms with van der Waals surface area (Å²) in [7, 11) is -4.64. The maximum atomic E-state index is 14.6. The predicted molar refractivity (Wildman–Crippen MR) is 186 cm³/mol. The molecular weight excluding hydrogens is 743 g/mol. The number of carbonyl (C=O) groups is 2. The molecule has 1 unspecified atom stereocenters. The molecule has 1 aliphatic rings. The minimum Gasteiger partial charge on any atom is -0.352 e. The monoisotopic (exact) mass is 775 g/mol. The number of alkyl halides is 3. The maximum Gasteiger partial charge on any atom is 0.416 e. The topological polar surface area (TPSA) is 86.8 Å². The number of benzene rings is 4. The molecule has 49 heavy (non-hydrogen) atoms. The molecule has 1 fully saturated rings. The van der Waals surface area contributed by atoms with Crippen molar-refractivity contribution < 1.29 is 31.2 Å². The number of nitrogens with one attached hydrogen (secondary N) is 1. The average Bonchev–Trinajstić information content (AvgIpc) is 3.59. The normalized spacial score (nSPS) is 14.3. The molecule has 0 aliphatic heterocycles. The zero-order chi connectivity index (χ0) is 35.2. The van der Waals surface area contributed by atoms with E-state index in [1.807, 2.05) is 30.3 Å². The lowest BCUT2D eigenvalue weighted by Gasteiger charge is -2.34. The van der Waals surface area contributed by atoms with Crippen molar-refractivity contribution in [2.24, 2.45) is 0 Å². The molecule has 1 atom stereocenters. The van der Waals surface area contributed by atoms with Crippen LogP contribution in [0.5, 0.6) is 0 Å². The summed E-state index contributed by atoms with van der Waals surface area (Å²) in [5.41, 5.74) is -0.250. The number of anilines is 1. The van der Waals surface area contributed by atoms with Crippen LogP contribution in [0, 0.1) is 0 Å². The van der Waals surface area contributed by atoms with E-state index >= 15 is 0 Å². The first-order chi connectivity index (χ1) is 23.3. The first kappa shape index (κ1) is 36.4. The lowest BCUT2D eigenvalue weighted by Crippen LogP contribution is -2.54. The van der Waals surface area contributed by atoms with Gasteiger partial charge >= 0.3 is 6.18 Å². The van der Waals surface area contributed by atoms with Crippen LogP contribution in [0.1, 0.15) is 42.4 Å². The summed E-state index contributed by atoms with van der Waals surface area (Å²) in [6, 6.07) is 24.4. The number of rotatable bonds is 12. The lowest BCUT2D eigenvalue weighted by atomic mass is 10.0. The van der Waals surface area contributed by atoms with Crippen LogP contribution in [-0.4, -0.2) is 43.8 Å². The van der Waals surface area contributed by atoms with Gasteiger partial charge in [-0.15, -0.1) is 0 Å². The molecule has 1 aliphatic carbocycles. The van der Waals surface area contributed by atoms with E-state index in [4.69, 9.17) is 11.6 Å². The maximum absolute atomic E-state index is 14.6. The van der Waals surface area contributed by atoms with Crippen molar-refractivity contribution in [1.29, 1.82) is 0 Å². The molecule has 2 amide bonds. The second-order valence-corrected chi connectivity index (χ2v) is 15.0. The molecule has 0 spiro atoms. The minimum atomic E-state index is -4.82. The Morgan fingerprint density at radius 1 is 0.878 bits per heavy atom. The fourth-order valence-electron chi connectivity index (χ4n) is 5.82. The van der Waals surface area contributed by atoms with Gasteiger partial charge < -0.3 is 10.2 Å². The van der Waals surface area contributed by atoms with Gasteiger partial charge in [-0.05, 0) is 66.4 Å². The molecule has 13 heteroatoms. The Kier molecular flexibility index (Phi) is 11.7. The SMILES string of the molecule is O=C(NC1CCCC1)C(Cc1ccccc1)N(Cc1ccc(Br)cc1)C(=O)CN(c1cc(C(F)(F)F)ccc1Cl)S(=O)(=O)c1ccccc1. The molecule has 4 aromatic rings. The van der Waals surface area contributed by atoms with Crippen LogP contribution in [0.25, 0.3) is 0 Å². The van der Waals surface area contributed by atoms with E-state index in [1.54, 1.807) is 30.3 Å². The summed E-state index contributed by atoms with van der Waals surface area (Å²) >= 11 is 9.80. The standard InChI is InChI=1S/C36H34BrClF3N3O4S/c37-28-18-15-26(16-19-28)23-43(33(21-25-9-3-1-4-10-25)35(46)42-29-11-7-8-12-29)34(45)24-44(49(47,48)30-13-5-2-6-14-30)32-22-27(36(39,40)41)17-20-31(32)38/h1-6,9-10,13-20,22,29,33H,7-8,11-12,21,23-24H2,(H,42,46). The zero-order valence-corrected chi connectivity index (χ0v) is 29.4. The Bertz CT molecular complexity index is 1860. The Labute approximate surface area is 297 Å². The third kappa shape index (κ3) is 9.23. The number of carbonyl (C=O) groups excluding carboxylic acids is 2. The van der Waals surface area contributed by atoms with E-state index < -0.39 is 51.9 Å². The molecule has 4 aromatic carbocycles. The van der Waals surface area contributed by atoms with Gasteiger partial charge in [0.15, 0.2) is 0 Å². The van der Waals surface area contributed by atoms with Crippen molar-refractivity contribution >= 4 is 55.1 Å². The molecule has 1 N–H and O–H groups in total. The summed E-state index contributed by atoms with van der Waals surface area (Å²) in [5.74, 6) is -1.21. The highest BCUT2D eigenvalue weighted by atomic mass is 79.9. The Morgan fingerprint density at radius 3 is 2.10 bits per heavy atom. The third-order valence-electron chi connectivity index (χ3n) is 8.39. The second kappa shape index (κ2) is 15.8. The van der Waals surface area contributed by atoms with E-state index in [2.05, 4.69) is 21.2 Å². The average molecular weight is 777 g/mol. The van der Waals surface area contributed by atoms with Crippen LogP contribution < -0.4 is 9.62 Å². The number of sulfonamides is 1. The van der Waals surface area contributed by atoms with Gasteiger partial charge in [-0.25, -0.2) is 8.42 Å². The van der Waals surface area contributed by atoms with E-state index in [9.17, 15) is 31.2 Å². The Morgan fingerprint density at radius 2 is 1.49 bits per heavy atom. The summed E-state index contributed by atoms with van der Waals surface area (Å²) in [4.78, 5) is 29.7. The fraction of sp³-hybridized carbons (Fsp3) is 0.278. The molecule has 5 rings (SSSR count). The molecule has 7 nitrogen and oxygen atoms in total. The van der Waals surface area contributed by atoms with Gasteiger partial charge in [-0.3, -0.25) is 13.9 Å². The van der Waals surface area contributed by atoms with Gasteiger partial charge in [-0.2, -0.15) is 13.2 Å². The number of amides is 2. The highest BCUT2D eigenvalue weighted by Gasteiger charge is 2.38. The molecule has 258 valence electrons. The van der Waals surface area contributed by atoms with Gasteiger partial charge in [0.1, 0.15) is 12.6 Å². The third-order valence-corrected chi connectivity index (χ3v) is 11.0. The van der Waals surface area contributed by atoms with Crippen LogP contribution in [0.4, 0.5) is 18.9 Å². The molecule has 0 radical (unpaired) electrons. The number of hydrogen-bond donors (Lipinski definition) is 1. The summed E-state index contributed by atoms with van der Waals surface area (Å²) in [6.45, 7) is -1.02. The van der Waals surface area contributed by atoms with Crippen LogP contribution in [-0.2, 0) is 38.8 Å². The highest BCUT2D eigenvalue weighted by Crippen LogP contribution is 2.37. The predicted octanol–water partition coefficient (Wildman–Crippen LogP) is 8.02. The van der Waals surface area contributed by atoms with Gasteiger partial charge in [-0.1, -0.05) is 101 Å². The van der Waals surface area contributed by atoms with Crippen LogP contribution in [0.2, 0.25) is 5.02 Å².